The molecule has 0 aromatic heterocycles. The third-order valence-electron chi connectivity index (χ3n) is 0.687. The average Bonchev–Trinajstić information content (AvgIpc) is 1.73. The van der Waals surface area contributed by atoms with Gasteiger partial charge in [0.15, 0.2) is 6.10 Å². The Kier molecular flexibility index (Phi) is 0.485. The van der Waals surface area contributed by atoms with Gasteiger partial charge in [0.1, 0.15) is 0 Å². The van der Waals surface area contributed by atoms with Gasteiger partial charge in [-0.1, -0.05) is 0 Å². The summed E-state index contributed by atoms with van der Waals surface area (Å²) in [5.41, 5.74) is 0. The number of aliphatic hydroxyl groups excluding tert-OH is 1. The van der Waals surface area contributed by atoms with Gasteiger partial charge in [0.2, 0.25) is 0 Å². The van der Waals surface area contributed by atoms with Gasteiger partial charge >= 0.3 is 0 Å². The van der Waals surface area contributed by atoms with E-state index in [1.54, 1.807) is 0 Å². The number of hydrogen-bond donors (Lipinski definition) is 1. The van der Waals surface area contributed by atoms with Crippen LogP contribution in [0.1, 0.15) is 6.42 Å². The predicted molar refractivity (Wildman–Crippen MR) is 14.7 cm³/mol. The zero-order valence-electron chi connectivity index (χ0n) is 2.91. The summed E-state index contributed by atoms with van der Waals surface area (Å²) >= 11 is 0. The van der Waals surface area contributed by atoms with Crippen LogP contribution in [0.2, 0.25) is 0 Å². The summed E-state index contributed by atoms with van der Waals surface area (Å²) in [6, 6.07) is 0. The molecule has 1 saturated carbocycles. The smallest absolute Gasteiger partial charge is 0.282 e. The normalized spacial score (nSPS) is 30.5. The van der Waals surface area contributed by atoms with E-state index in [0.29, 0.717) is 0 Å². The van der Waals surface area contributed by atoms with Crippen LogP contribution >= 0.6 is 0 Å². The first-order chi connectivity index (χ1) is 2.63. The van der Waals surface area contributed by atoms with Crippen LogP contribution in [-0.4, -0.2) is 11.0 Å². The summed E-state index contributed by atoms with van der Waals surface area (Å²) in [5, 5.41) is 7.86. The molecule has 1 aliphatic rings. The van der Waals surface area contributed by atoms with Gasteiger partial charge in [0, 0.05) is 0 Å². The highest BCUT2D eigenvalue weighted by Crippen LogP contribution is 2.48. The van der Waals surface area contributed by atoms with Crippen molar-refractivity contribution in [2.24, 2.45) is 0 Å². The van der Waals surface area contributed by atoms with Gasteiger partial charge < -0.3 is 5.11 Å². The van der Waals surface area contributed by atoms with E-state index >= 15 is 0 Å². The van der Waals surface area contributed by atoms with Gasteiger partial charge in [-0.3, -0.25) is 0 Å². The largest absolute Gasteiger partial charge is 0.380 e. The van der Waals surface area contributed by atoms with E-state index in [2.05, 4.69) is 0 Å². The first-order valence-electron chi connectivity index (χ1n) is 1.56. The number of alkyl halides is 2. The highest BCUT2D eigenvalue weighted by molar-refractivity contribution is 5.12. The van der Waals surface area contributed by atoms with Crippen LogP contribution in [0.25, 0.3) is 0 Å². The lowest BCUT2D eigenvalue weighted by Crippen LogP contribution is -1.88. The molecule has 0 aromatic carbocycles. The molecule has 0 atom stereocenters. The van der Waals surface area contributed by atoms with E-state index in [1.165, 1.54) is 0 Å². The molecule has 35 valence electrons. The van der Waals surface area contributed by atoms with Crippen LogP contribution in [0.15, 0.2) is 0 Å². The summed E-state index contributed by atoms with van der Waals surface area (Å²) in [6.07, 6.45) is -1.10. The Balaban J connectivity index is 2.41. The maximum atomic E-state index is 11.2. The molecule has 0 spiro atoms. The van der Waals surface area contributed by atoms with Gasteiger partial charge in [-0.25, -0.2) is 8.78 Å². The lowest BCUT2D eigenvalue weighted by molar-refractivity contribution is 0.0945. The Bertz CT molecular complexity index is 71.2. The second-order valence-corrected chi connectivity index (χ2v) is 1.33. The van der Waals surface area contributed by atoms with Crippen LogP contribution in [0.5, 0.6) is 0 Å². The fourth-order valence-corrected chi connectivity index (χ4v) is 0.166. The Morgan fingerprint density at radius 2 is 1.83 bits per heavy atom. The molecule has 0 heterocycles. The van der Waals surface area contributed by atoms with Gasteiger partial charge in [-0.05, 0) is 0 Å². The quantitative estimate of drug-likeness (QED) is 0.472. The summed E-state index contributed by atoms with van der Waals surface area (Å²) < 4.78 is 22.5. The minimum atomic E-state index is -2.82. The highest BCUT2D eigenvalue weighted by Gasteiger charge is 2.57. The van der Waals surface area contributed by atoms with Crippen LogP contribution in [0, 0.1) is 6.10 Å². The molecule has 1 fully saturated rings. The van der Waals surface area contributed by atoms with E-state index in [9.17, 15) is 8.78 Å². The molecule has 1 rings (SSSR count). The van der Waals surface area contributed by atoms with E-state index in [0.717, 1.165) is 0 Å². The van der Waals surface area contributed by atoms with Gasteiger partial charge in [0.25, 0.3) is 5.92 Å². The minimum Gasteiger partial charge on any atom is -0.380 e. The van der Waals surface area contributed by atoms with E-state index in [1.807, 2.05) is 0 Å². The number of hydrogen-bond acceptors (Lipinski definition) is 1. The molecule has 1 N–H and O–H groups in total. The molecule has 0 aromatic rings. The van der Waals surface area contributed by atoms with E-state index < -0.39 is 18.4 Å². The van der Waals surface area contributed by atoms with Gasteiger partial charge in [-0.15, -0.1) is 0 Å². The second-order valence-electron chi connectivity index (χ2n) is 1.33. The summed E-state index contributed by atoms with van der Waals surface area (Å²) in [5.74, 6) is -2.82. The molecule has 6 heavy (non-hydrogen) atoms. The first-order valence-corrected chi connectivity index (χ1v) is 1.56. The molecule has 3 heteroatoms. The first kappa shape index (κ1) is 3.99. The lowest BCUT2D eigenvalue weighted by atomic mass is 10.8. The summed E-state index contributed by atoms with van der Waals surface area (Å²) in [7, 11) is 0. The Morgan fingerprint density at radius 3 is 1.83 bits per heavy atom. The molecule has 1 radical (unpaired) electrons. The van der Waals surface area contributed by atoms with Crippen molar-refractivity contribution in [1.82, 2.24) is 0 Å². The molecule has 0 amide bonds. The monoisotopic (exact) mass is 93.0 g/mol. The van der Waals surface area contributed by atoms with Crippen molar-refractivity contribution < 1.29 is 13.9 Å². The molecule has 1 nitrogen and oxygen atoms in total. The average molecular weight is 93.1 g/mol. The van der Waals surface area contributed by atoms with Crippen molar-refractivity contribution >= 4 is 0 Å². The lowest BCUT2D eigenvalue weighted by Gasteiger charge is -1.80. The molecule has 0 saturated heterocycles. The Morgan fingerprint density at radius 1 is 1.67 bits per heavy atom. The van der Waals surface area contributed by atoms with Crippen molar-refractivity contribution in [1.29, 1.82) is 0 Å². The van der Waals surface area contributed by atoms with Crippen molar-refractivity contribution in [3.8, 4) is 0 Å². The predicted octanol–water partition coefficient (Wildman–Crippen LogP) is 0.930. The topological polar surface area (TPSA) is 20.2 Å². The molecule has 1 aliphatic carbocycles. The van der Waals surface area contributed by atoms with Crippen molar-refractivity contribution in [2.45, 2.75) is 12.3 Å². The van der Waals surface area contributed by atoms with Crippen LogP contribution < -0.4 is 0 Å². The third-order valence-corrected chi connectivity index (χ3v) is 0.687. The summed E-state index contributed by atoms with van der Waals surface area (Å²) in [6.45, 7) is 0. The molecule has 0 bridgehead atoms. The Hall–Kier alpha value is -0.180. The molecule has 0 unspecified atom stereocenters. The standard InChI is InChI=1S/C3H3F2O/c4-3(5)1-2(3)6/h6H,1H2. The molecule has 0 aliphatic heterocycles. The van der Waals surface area contributed by atoms with Crippen LogP contribution in [0.3, 0.4) is 0 Å². The number of aliphatic hydroxyl groups is 1. The van der Waals surface area contributed by atoms with Crippen molar-refractivity contribution in [3.05, 3.63) is 6.10 Å². The Labute approximate surface area is 33.6 Å². The minimum absolute atomic E-state index is 0.424. The third kappa shape index (κ3) is 0.391. The summed E-state index contributed by atoms with van der Waals surface area (Å²) in [4.78, 5) is 0. The van der Waals surface area contributed by atoms with Crippen LogP contribution in [-0.2, 0) is 0 Å². The maximum Gasteiger partial charge on any atom is 0.282 e. The van der Waals surface area contributed by atoms with E-state index in [4.69, 9.17) is 5.11 Å². The van der Waals surface area contributed by atoms with Gasteiger partial charge in [-0.2, -0.15) is 0 Å². The highest BCUT2D eigenvalue weighted by atomic mass is 19.3. The van der Waals surface area contributed by atoms with Crippen molar-refractivity contribution in [3.63, 3.8) is 0 Å². The van der Waals surface area contributed by atoms with E-state index in [-0.39, 0.29) is 0 Å². The van der Waals surface area contributed by atoms with Gasteiger partial charge in [0.05, 0.1) is 6.42 Å². The van der Waals surface area contributed by atoms with Crippen LogP contribution in [0.4, 0.5) is 8.78 Å². The zero-order valence-corrected chi connectivity index (χ0v) is 2.91. The fourth-order valence-electron chi connectivity index (χ4n) is 0.166. The molecular weight excluding hydrogens is 90.0 g/mol. The maximum absolute atomic E-state index is 11.2. The zero-order chi connectivity index (χ0) is 4.78. The van der Waals surface area contributed by atoms with Crippen molar-refractivity contribution in [2.75, 3.05) is 0 Å². The fraction of sp³-hybridized carbons (Fsp3) is 0.667. The second kappa shape index (κ2) is 0.729. The number of rotatable bonds is 0. The number of halogens is 2. The molecular formula is C3H3F2O. The SMILES string of the molecule is O[C]1CC1(F)F.